The topological polar surface area (TPSA) is 97.1 Å². The summed E-state index contributed by atoms with van der Waals surface area (Å²) in [5.74, 6) is 1.11. The van der Waals surface area contributed by atoms with Crippen LogP contribution in [-0.4, -0.2) is 33.9 Å². The molecule has 7 nitrogen and oxygen atoms in total. The van der Waals surface area contributed by atoms with Crippen molar-refractivity contribution in [1.82, 2.24) is 20.8 Å². The largest absolute Gasteiger partial charge is 0.410 e. The minimum Gasteiger partial charge on any atom is -0.410 e. The van der Waals surface area contributed by atoms with Crippen molar-refractivity contribution < 1.29 is 14.0 Å². The minimum atomic E-state index is -0.532. The zero-order chi connectivity index (χ0) is 20.3. The second-order valence-electron chi connectivity index (χ2n) is 7.63. The van der Waals surface area contributed by atoms with Crippen LogP contribution in [0.2, 0.25) is 0 Å². The highest BCUT2D eigenvalue weighted by Crippen LogP contribution is 2.37. The van der Waals surface area contributed by atoms with E-state index in [0.29, 0.717) is 29.5 Å². The van der Waals surface area contributed by atoms with Gasteiger partial charge in [-0.2, -0.15) is 0 Å². The number of nitrogens with zero attached hydrogens (tertiary/aromatic N) is 2. The van der Waals surface area contributed by atoms with Crippen molar-refractivity contribution >= 4 is 35.0 Å². The average Bonchev–Trinajstić information content (AvgIpc) is 3.26. The first-order valence-electron chi connectivity index (χ1n) is 9.52. The summed E-state index contributed by atoms with van der Waals surface area (Å²) in [6, 6.07) is 1.66. The maximum Gasteiger partial charge on any atom is 0.321 e. The second-order valence-corrected chi connectivity index (χ2v) is 10.1. The maximum absolute atomic E-state index is 12.2. The van der Waals surface area contributed by atoms with E-state index < -0.39 is 17.2 Å². The Morgan fingerprint density at radius 2 is 2.14 bits per heavy atom. The molecule has 0 spiro atoms. The van der Waals surface area contributed by atoms with Crippen LogP contribution in [0.25, 0.3) is 10.8 Å². The number of nitrogens with one attached hydrogen (secondary N) is 2. The Morgan fingerprint density at radius 3 is 2.89 bits per heavy atom. The number of thiophene rings is 1. The van der Waals surface area contributed by atoms with Crippen LogP contribution in [0, 0.1) is 11.8 Å². The van der Waals surface area contributed by atoms with Crippen LogP contribution in [0.5, 0.6) is 0 Å². The molecule has 2 aromatic heterocycles. The number of amides is 3. The zero-order valence-corrected chi connectivity index (χ0v) is 18.2. The predicted molar refractivity (Wildman–Crippen MR) is 110 cm³/mol. The Balaban J connectivity index is 1.57. The molecule has 3 rings (SSSR count). The first-order chi connectivity index (χ1) is 13.3. The van der Waals surface area contributed by atoms with Gasteiger partial charge in [0.1, 0.15) is 0 Å². The fraction of sp³-hybridized carbons (Fsp3) is 0.579. The number of carbonyl (C=O) groups is 2. The molecule has 152 valence electrons. The first kappa shape index (κ1) is 20.9. The SMILES string of the molecule is CC(C)CNC(=O)NC(=O)[C@H](C)Sc1nnc(-c2cc3c(s2)CC[C@H](C)C3)o1. The lowest BCUT2D eigenvalue weighted by molar-refractivity contribution is -0.119. The Hall–Kier alpha value is -1.87. The molecule has 0 saturated heterocycles. The summed E-state index contributed by atoms with van der Waals surface area (Å²) >= 11 is 2.85. The molecule has 0 radical (unpaired) electrons. The molecule has 1 aliphatic rings. The van der Waals surface area contributed by atoms with Crippen molar-refractivity contribution in [3.63, 3.8) is 0 Å². The van der Waals surface area contributed by atoms with Gasteiger partial charge in [-0.3, -0.25) is 10.1 Å². The molecule has 2 atom stereocenters. The highest BCUT2D eigenvalue weighted by molar-refractivity contribution is 8.00. The van der Waals surface area contributed by atoms with E-state index in [1.807, 2.05) is 13.8 Å². The quantitative estimate of drug-likeness (QED) is 0.686. The van der Waals surface area contributed by atoms with Crippen molar-refractivity contribution in [2.45, 2.75) is 57.4 Å². The third-order valence-corrected chi connectivity index (χ3v) is 6.66. The summed E-state index contributed by atoms with van der Waals surface area (Å²) in [5, 5.41) is 13.0. The van der Waals surface area contributed by atoms with Crippen LogP contribution in [0.1, 0.15) is 44.6 Å². The van der Waals surface area contributed by atoms with E-state index in [1.165, 1.54) is 16.9 Å². The van der Waals surface area contributed by atoms with Gasteiger partial charge in [-0.15, -0.1) is 21.5 Å². The zero-order valence-electron chi connectivity index (χ0n) is 16.6. The van der Waals surface area contributed by atoms with Crippen LogP contribution in [0.15, 0.2) is 15.7 Å². The van der Waals surface area contributed by atoms with Gasteiger partial charge in [0.2, 0.25) is 5.91 Å². The molecule has 0 saturated carbocycles. The first-order valence-corrected chi connectivity index (χ1v) is 11.2. The third-order valence-electron chi connectivity index (χ3n) is 4.50. The molecule has 1 aliphatic carbocycles. The maximum atomic E-state index is 12.2. The summed E-state index contributed by atoms with van der Waals surface area (Å²) in [5.41, 5.74) is 1.38. The number of rotatable bonds is 6. The molecule has 28 heavy (non-hydrogen) atoms. The third kappa shape index (κ3) is 5.35. The molecule has 0 unspecified atom stereocenters. The molecule has 2 heterocycles. The fourth-order valence-corrected chi connectivity index (χ4v) is 4.74. The smallest absolute Gasteiger partial charge is 0.321 e. The normalized spacial score (nSPS) is 17.2. The monoisotopic (exact) mass is 422 g/mol. The molecule has 0 aliphatic heterocycles. The number of thioether (sulfide) groups is 1. The van der Waals surface area contributed by atoms with Gasteiger partial charge in [-0.1, -0.05) is 32.5 Å². The van der Waals surface area contributed by atoms with Gasteiger partial charge in [-0.05, 0) is 49.7 Å². The standard InChI is InChI=1S/C19H26N4O3S2/c1-10(2)9-20-18(25)21-16(24)12(4)27-19-23-22-17(26-19)15-8-13-7-11(3)5-6-14(13)28-15/h8,10-12H,5-7,9H2,1-4H3,(H2,20,21,24,25)/t11-,12-/m0/s1. The van der Waals surface area contributed by atoms with Crippen LogP contribution >= 0.6 is 23.1 Å². The Labute approximate surface area is 173 Å². The highest BCUT2D eigenvalue weighted by Gasteiger charge is 2.23. The van der Waals surface area contributed by atoms with E-state index in [-0.39, 0.29) is 0 Å². The number of carbonyl (C=O) groups excluding carboxylic acids is 2. The van der Waals surface area contributed by atoms with Gasteiger partial charge in [0.25, 0.3) is 11.1 Å². The van der Waals surface area contributed by atoms with E-state index in [0.717, 1.165) is 29.5 Å². The number of imide groups is 1. The lowest BCUT2D eigenvalue weighted by Gasteiger charge is -2.16. The van der Waals surface area contributed by atoms with Gasteiger partial charge >= 0.3 is 6.03 Å². The Kier molecular flexibility index (Phi) is 6.77. The predicted octanol–water partition coefficient (Wildman–Crippen LogP) is 3.89. The summed E-state index contributed by atoms with van der Waals surface area (Å²) in [7, 11) is 0. The van der Waals surface area contributed by atoms with E-state index in [2.05, 4.69) is 33.8 Å². The summed E-state index contributed by atoms with van der Waals surface area (Å²) in [6.45, 7) is 8.45. The summed E-state index contributed by atoms with van der Waals surface area (Å²) in [4.78, 5) is 26.3. The van der Waals surface area contributed by atoms with Crippen LogP contribution in [0.3, 0.4) is 0 Å². The molecule has 3 amide bonds. The van der Waals surface area contributed by atoms with Crippen LogP contribution < -0.4 is 10.6 Å². The van der Waals surface area contributed by atoms with Crippen LogP contribution in [0.4, 0.5) is 4.79 Å². The van der Waals surface area contributed by atoms with Crippen molar-refractivity contribution in [2.75, 3.05) is 6.54 Å². The number of aryl methyl sites for hydroxylation is 1. The molecular formula is C19H26N4O3S2. The van der Waals surface area contributed by atoms with Gasteiger partial charge in [0.15, 0.2) is 0 Å². The molecule has 0 fully saturated rings. The van der Waals surface area contributed by atoms with Crippen molar-refractivity contribution in [3.05, 3.63) is 16.5 Å². The number of hydrogen-bond donors (Lipinski definition) is 2. The highest BCUT2D eigenvalue weighted by atomic mass is 32.2. The lowest BCUT2D eigenvalue weighted by Crippen LogP contribution is -2.43. The van der Waals surface area contributed by atoms with Crippen molar-refractivity contribution in [3.8, 4) is 10.8 Å². The van der Waals surface area contributed by atoms with E-state index in [4.69, 9.17) is 4.42 Å². The van der Waals surface area contributed by atoms with E-state index >= 15 is 0 Å². The van der Waals surface area contributed by atoms with Gasteiger partial charge in [0, 0.05) is 11.4 Å². The second kappa shape index (κ2) is 9.09. The molecule has 0 bridgehead atoms. The number of hydrogen-bond acceptors (Lipinski definition) is 7. The lowest BCUT2D eigenvalue weighted by atomic mass is 9.90. The molecular weight excluding hydrogens is 396 g/mol. The van der Waals surface area contributed by atoms with Crippen molar-refractivity contribution in [2.24, 2.45) is 11.8 Å². The number of aromatic nitrogens is 2. The number of fused-ring (bicyclic) bond motifs is 1. The fourth-order valence-electron chi connectivity index (χ4n) is 2.93. The Morgan fingerprint density at radius 1 is 1.36 bits per heavy atom. The number of urea groups is 1. The average molecular weight is 423 g/mol. The van der Waals surface area contributed by atoms with Gasteiger partial charge < -0.3 is 9.73 Å². The summed E-state index contributed by atoms with van der Waals surface area (Å²) in [6.07, 6.45) is 3.42. The van der Waals surface area contributed by atoms with Gasteiger partial charge in [0.05, 0.1) is 10.1 Å². The van der Waals surface area contributed by atoms with Crippen LogP contribution in [-0.2, 0) is 17.6 Å². The minimum absolute atomic E-state index is 0.315. The molecule has 0 aromatic carbocycles. The van der Waals surface area contributed by atoms with E-state index in [1.54, 1.807) is 18.3 Å². The van der Waals surface area contributed by atoms with Gasteiger partial charge in [-0.25, -0.2) is 4.79 Å². The summed E-state index contributed by atoms with van der Waals surface area (Å²) < 4.78 is 5.75. The van der Waals surface area contributed by atoms with E-state index in [9.17, 15) is 9.59 Å². The molecule has 2 N–H and O–H groups in total. The Bertz CT molecular complexity index is 846. The molecule has 2 aromatic rings. The van der Waals surface area contributed by atoms with Crippen molar-refractivity contribution in [1.29, 1.82) is 0 Å². The molecule has 9 heteroatoms.